The first-order chi connectivity index (χ1) is 9.58. The van der Waals surface area contributed by atoms with Crippen molar-refractivity contribution in [3.63, 3.8) is 0 Å². The van der Waals surface area contributed by atoms with E-state index in [1.165, 1.54) is 11.3 Å². The lowest BCUT2D eigenvalue weighted by molar-refractivity contribution is -0.115. The molecule has 20 heavy (non-hydrogen) atoms. The van der Waals surface area contributed by atoms with E-state index in [0.29, 0.717) is 5.13 Å². The molecule has 108 valence electrons. The van der Waals surface area contributed by atoms with E-state index in [4.69, 9.17) is 0 Å². The van der Waals surface area contributed by atoms with Crippen LogP contribution in [0.4, 0.5) is 5.13 Å². The van der Waals surface area contributed by atoms with Gasteiger partial charge < -0.3 is 10.6 Å². The Bertz CT molecular complexity index is 578. The summed E-state index contributed by atoms with van der Waals surface area (Å²) in [5, 5.41) is 11.7. The molecule has 2 rings (SSSR count). The van der Waals surface area contributed by atoms with Gasteiger partial charge >= 0.3 is 0 Å². The predicted molar refractivity (Wildman–Crippen MR) is 83.4 cm³/mol. The number of amides is 1. The van der Waals surface area contributed by atoms with Crippen LogP contribution < -0.4 is 10.6 Å². The highest BCUT2D eigenvalue weighted by Gasteiger charge is 2.11. The maximum Gasteiger partial charge on any atom is 0.240 e. The molecule has 1 amide bonds. The molecule has 0 fully saturated rings. The van der Waals surface area contributed by atoms with Crippen molar-refractivity contribution in [2.45, 2.75) is 33.2 Å². The van der Waals surface area contributed by atoms with E-state index in [9.17, 15) is 4.79 Å². The van der Waals surface area contributed by atoms with Crippen LogP contribution in [0.2, 0.25) is 0 Å². The second-order valence-electron chi connectivity index (χ2n) is 4.46. The van der Waals surface area contributed by atoms with Gasteiger partial charge in [-0.2, -0.15) is 0 Å². The van der Waals surface area contributed by atoms with Crippen molar-refractivity contribution in [1.82, 2.24) is 15.3 Å². The number of rotatable bonds is 6. The second-order valence-corrected chi connectivity index (χ2v) is 6.27. The molecule has 0 saturated carbocycles. The maximum absolute atomic E-state index is 11.8. The molecule has 7 heteroatoms. The van der Waals surface area contributed by atoms with E-state index in [1.54, 1.807) is 11.3 Å². The molecule has 0 aliphatic heterocycles. The highest BCUT2D eigenvalue weighted by molar-refractivity contribution is 7.13. The molecule has 2 heterocycles. The monoisotopic (exact) mass is 310 g/mol. The summed E-state index contributed by atoms with van der Waals surface area (Å²) in [6.45, 7) is 6.25. The number of aromatic nitrogens is 2. The summed E-state index contributed by atoms with van der Waals surface area (Å²) in [5.74, 6) is -0.0860. The number of aryl methyl sites for hydroxylation is 2. The zero-order valence-electron chi connectivity index (χ0n) is 11.8. The average Bonchev–Trinajstić information content (AvgIpc) is 3.05. The molecule has 2 aromatic rings. The Morgan fingerprint density at radius 3 is 2.75 bits per heavy atom. The fourth-order valence-electron chi connectivity index (χ4n) is 1.61. The summed E-state index contributed by atoms with van der Waals surface area (Å²) < 4.78 is 0. The molecular formula is C13H18N4OS2. The Hall–Kier alpha value is -1.31. The van der Waals surface area contributed by atoms with Crippen LogP contribution in [-0.4, -0.2) is 22.4 Å². The number of hydrogen-bond acceptors (Lipinski definition) is 6. The van der Waals surface area contributed by atoms with Crippen molar-refractivity contribution in [2.24, 2.45) is 0 Å². The van der Waals surface area contributed by atoms with Crippen molar-refractivity contribution in [3.05, 3.63) is 27.2 Å². The van der Waals surface area contributed by atoms with Gasteiger partial charge in [-0.25, -0.2) is 9.97 Å². The molecule has 1 atom stereocenters. The lowest BCUT2D eigenvalue weighted by Crippen LogP contribution is -2.30. The Balaban J connectivity index is 1.80. The Labute approximate surface area is 126 Å². The first-order valence-electron chi connectivity index (χ1n) is 6.48. The standard InChI is InChI=1S/C13H18N4OS2/c1-4-12-16-10(7-19-12)9(3)14-5-11(18)17-13-15-8(2)6-20-13/h6-7,9,14H,4-5H2,1-3H3,(H,15,17,18)/t9-/m0/s1. The van der Waals surface area contributed by atoms with Crippen LogP contribution in [0.25, 0.3) is 0 Å². The van der Waals surface area contributed by atoms with Crippen molar-refractivity contribution >= 4 is 33.7 Å². The summed E-state index contributed by atoms with van der Waals surface area (Å²) >= 11 is 3.09. The van der Waals surface area contributed by atoms with Crippen LogP contribution in [0.15, 0.2) is 10.8 Å². The van der Waals surface area contributed by atoms with E-state index in [2.05, 4.69) is 27.5 Å². The van der Waals surface area contributed by atoms with E-state index in [0.717, 1.165) is 22.8 Å². The zero-order valence-corrected chi connectivity index (χ0v) is 13.4. The molecule has 0 spiro atoms. The quantitative estimate of drug-likeness (QED) is 0.861. The molecule has 0 aliphatic carbocycles. The van der Waals surface area contributed by atoms with Crippen molar-refractivity contribution in [1.29, 1.82) is 0 Å². The summed E-state index contributed by atoms with van der Waals surface area (Å²) in [6, 6.07) is 0.0651. The second kappa shape index (κ2) is 6.92. The number of carbonyl (C=O) groups is 1. The van der Waals surface area contributed by atoms with Crippen molar-refractivity contribution in [3.8, 4) is 0 Å². The SMILES string of the molecule is CCc1nc([C@H](C)NCC(=O)Nc2nc(C)cs2)cs1. The summed E-state index contributed by atoms with van der Waals surface area (Å²) in [4.78, 5) is 20.5. The molecule has 2 N–H and O–H groups in total. The van der Waals surface area contributed by atoms with Gasteiger partial charge in [-0.05, 0) is 20.3 Å². The van der Waals surface area contributed by atoms with Gasteiger partial charge in [0.1, 0.15) is 0 Å². The van der Waals surface area contributed by atoms with Crippen LogP contribution in [0.5, 0.6) is 0 Å². The number of thiazole rings is 2. The smallest absolute Gasteiger partial charge is 0.240 e. The van der Waals surface area contributed by atoms with Crippen LogP contribution in [0.3, 0.4) is 0 Å². The van der Waals surface area contributed by atoms with E-state index < -0.39 is 0 Å². The number of anilines is 1. The van der Waals surface area contributed by atoms with E-state index >= 15 is 0 Å². The van der Waals surface area contributed by atoms with Gasteiger partial charge in [0.2, 0.25) is 5.91 Å². The van der Waals surface area contributed by atoms with Gasteiger partial charge in [-0.3, -0.25) is 4.79 Å². The van der Waals surface area contributed by atoms with Gasteiger partial charge in [-0.15, -0.1) is 22.7 Å². The zero-order chi connectivity index (χ0) is 14.5. The normalized spacial score (nSPS) is 12.3. The Morgan fingerprint density at radius 1 is 1.35 bits per heavy atom. The third-order valence-corrected chi connectivity index (χ3v) is 4.64. The minimum Gasteiger partial charge on any atom is -0.301 e. The topological polar surface area (TPSA) is 66.9 Å². The minimum atomic E-state index is -0.0860. The summed E-state index contributed by atoms with van der Waals surface area (Å²) in [5.41, 5.74) is 1.91. The van der Waals surface area contributed by atoms with Crippen molar-refractivity contribution < 1.29 is 4.79 Å². The lowest BCUT2D eigenvalue weighted by Gasteiger charge is -2.10. The molecule has 5 nitrogen and oxygen atoms in total. The van der Waals surface area contributed by atoms with E-state index in [1.807, 2.05) is 24.6 Å². The molecule has 0 aliphatic rings. The fraction of sp³-hybridized carbons (Fsp3) is 0.462. The molecule has 0 saturated heterocycles. The van der Waals surface area contributed by atoms with Crippen LogP contribution in [0.1, 0.15) is 36.3 Å². The van der Waals surface area contributed by atoms with Gasteiger partial charge in [-0.1, -0.05) is 6.92 Å². The van der Waals surface area contributed by atoms with Gasteiger partial charge in [0.15, 0.2) is 5.13 Å². The van der Waals surface area contributed by atoms with Crippen LogP contribution in [-0.2, 0) is 11.2 Å². The summed E-state index contributed by atoms with van der Waals surface area (Å²) in [6.07, 6.45) is 0.946. The van der Waals surface area contributed by atoms with Gasteiger partial charge in [0, 0.05) is 16.8 Å². The van der Waals surface area contributed by atoms with Gasteiger partial charge in [0.05, 0.1) is 22.9 Å². The molecule has 0 unspecified atom stereocenters. The van der Waals surface area contributed by atoms with Crippen LogP contribution >= 0.6 is 22.7 Å². The molecule has 0 bridgehead atoms. The molecule has 2 aromatic heterocycles. The average molecular weight is 310 g/mol. The third kappa shape index (κ3) is 4.09. The first-order valence-corrected chi connectivity index (χ1v) is 8.24. The summed E-state index contributed by atoms with van der Waals surface area (Å²) in [7, 11) is 0. The number of carbonyl (C=O) groups excluding carboxylic acids is 1. The number of hydrogen-bond donors (Lipinski definition) is 2. The highest BCUT2D eigenvalue weighted by atomic mass is 32.1. The minimum absolute atomic E-state index is 0.0651. The highest BCUT2D eigenvalue weighted by Crippen LogP contribution is 2.17. The number of nitrogens with one attached hydrogen (secondary N) is 2. The largest absolute Gasteiger partial charge is 0.301 e. The van der Waals surface area contributed by atoms with Crippen LogP contribution in [0, 0.1) is 6.92 Å². The van der Waals surface area contributed by atoms with Gasteiger partial charge in [0.25, 0.3) is 0 Å². The Kier molecular flexibility index (Phi) is 5.22. The van der Waals surface area contributed by atoms with Crippen molar-refractivity contribution in [2.75, 3.05) is 11.9 Å². The maximum atomic E-state index is 11.8. The first kappa shape index (κ1) is 15.1. The number of nitrogens with zero attached hydrogens (tertiary/aromatic N) is 2. The molecule has 0 aromatic carbocycles. The van der Waals surface area contributed by atoms with E-state index in [-0.39, 0.29) is 18.5 Å². The predicted octanol–water partition coefficient (Wildman–Crippen LogP) is 2.76. The fourth-order valence-corrected chi connectivity index (χ4v) is 3.15. The lowest BCUT2D eigenvalue weighted by atomic mass is 10.2. The third-order valence-electron chi connectivity index (χ3n) is 2.75. The molecule has 0 radical (unpaired) electrons. The molecular weight excluding hydrogens is 292 g/mol. The Morgan fingerprint density at radius 2 is 2.15 bits per heavy atom.